The lowest BCUT2D eigenvalue weighted by Gasteiger charge is -2.13. The van der Waals surface area contributed by atoms with Gasteiger partial charge in [-0.25, -0.2) is 0 Å². The van der Waals surface area contributed by atoms with Crippen LogP contribution in [-0.4, -0.2) is 34.7 Å². The van der Waals surface area contributed by atoms with Gasteiger partial charge < -0.3 is 15.0 Å². The van der Waals surface area contributed by atoms with Crippen molar-refractivity contribution in [3.8, 4) is 0 Å². The van der Waals surface area contributed by atoms with Crippen molar-refractivity contribution >= 4 is 29.0 Å². The molecule has 25 heavy (non-hydrogen) atoms. The van der Waals surface area contributed by atoms with Crippen LogP contribution in [0.15, 0.2) is 23.0 Å². The van der Waals surface area contributed by atoms with Gasteiger partial charge in [0, 0.05) is 18.7 Å². The van der Waals surface area contributed by atoms with Crippen molar-refractivity contribution in [3.63, 3.8) is 0 Å². The molecule has 0 unspecified atom stereocenters. The molecule has 0 spiro atoms. The van der Waals surface area contributed by atoms with Crippen molar-refractivity contribution in [2.24, 2.45) is 0 Å². The summed E-state index contributed by atoms with van der Waals surface area (Å²) in [4.78, 5) is 28.0. The highest BCUT2D eigenvalue weighted by Gasteiger charge is 2.18. The van der Waals surface area contributed by atoms with E-state index in [9.17, 15) is 9.59 Å². The number of carbonyl (C=O) groups excluding carboxylic acids is 1. The Morgan fingerprint density at radius 1 is 1.48 bits per heavy atom. The maximum Gasteiger partial charge on any atom is 0.262 e. The first-order valence-corrected chi connectivity index (χ1v) is 9.17. The molecule has 6 nitrogen and oxygen atoms in total. The van der Waals surface area contributed by atoms with E-state index in [2.05, 4.69) is 17.2 Å². The second-order valence-corrected chi connectivity index (χ2v) is 6.74. The molecule has 0 saturated carbocycles. The largest absolute Gasteiger partial charge is 0.376 e. The van der Waals surface area contributed by atoms with E-state index in [1.807, 2.05) is 0 Å². The molecule has 1 aliphatic rings. The molecule has 2 N–H and O–H groups in total. The lowest BCUT2D eigenvalue weighted by atomic mass is 10.1. The summed E-state index contributed by atoms with van der Waals surface area (Å²) in [5.41, 5.74) is 0.958. The zero-order valence-electron chi connectivity index (χ0n) is 14.3. The van der Waals surface area contributed by atoms with Crippen LogP contribution in [0.3, 0.4) is 0 Å². The number of H-pyrrole nitrogens is 1. The molecule has 7 heteroatoms. The zero-order chi connectivity index (χ0) is 17.8. The number of aromatic amines is 1. The van der Waals surface area contributed by atoms with E-state index in [1.165, 1.54) is 0 Å². The van der Waals surface area contributed by atoms with E-state index in [0.29, 0.717) is 34.3 Å². The summed E-state index contributed by atoms with van der Waals surface area (Å²) >= 11 is 5.35. The fourth-order valence-electron chi connectivity index (χ4n) is 3.03. The summed E-state index contributed by atoms with van der Waals surface area (Å²) in [7, 11) is 0. The second-order valence-electron chi connectivity index (χ2n) is 6.35. The fraction of sp³-hybridized carbons (Fsp3) is 0.500. The van der Waals surface area contributed by atoms with Crippen LogP contribution in [0.4, 0.5) is 0 Å². The van der Waals surface area contributed by atoms with Crippen LogP contribution in [0.1, 0.15) is 43.0 Å². The number of rotatable bonds is 6. The van der Waals surface area contributed by atoms with Crippen molar-refractivity contribution in [2.75, 3.05) is 13.2 Å². The van der Waals surface area contributed by atoms with Gasteiger partial charge in [-0.3, -0.25) is 14.2 Å². The number of nitrogens with one attached hydrogen (secondary N) is 2. The van der Waals surface area contributed by atoms with Crippen molar-refractivity contribution in [3.05, 3.63) is 38.9 Å². The maximum atomic E-state index is 12.7. The van der Waals surface area contributed by atoms with Gasteiger partial charge in [0.2, 0.25) is 0 Å². The average molecular weight is 361 g/mol. The first-order chi connectivity index (χ1) is 12.1. The first kappa shape index (κ1) is 17.8. The molecule has 2 aromatic rings. The number of nitrogens with zero attached hydrogens (tertiary/aromatic N) is 1. The molecule has 1 atom stereocenters. The Hall–Kier alpha value is -1.99. The third kappa shape index (κ3) is 3.99. The molecule has 3 rings (SSSR count). The number of amides is 1. The van der Waals surface area contributed by atoms with Crippen LogP contribution < -0.4 is 10.9 Å². The SMILES string of the molecule is CCCCNC(=O)c1ccc2c(=O)n(C[C@@H]3CCCO3)c(=S)[nH]c2c1. The molecule has 0 aliphatic carbocycles. The minimum Gasteiger partial charge on any atom is -0.376 e. The molecular weight excluding hydrogens is 338 g/mol. The first-order valence-electron chi connectivity index (χ1n) is 8.77. The fourth-order valence-corrected chi connectivity index (χ4v) is 3.30. The molecule has 134 valence electrons. The summed E-state index contributed by atoms with van der Waals surface area (Å²) in [6, 6.07) is 5.05. The molecule has 0 bridgehead atoms. The van der Waals surface area contributed by atoms with Crippen molar-refractivity contribution < 1.29 is 9.53 Å². The summed E-state index contributed by atoms with van der Waals surface area (Å²) in [5.74, 6) is -0.141. The molecule has 1 aromatic heterocycles. The number of ether oxygens (including phenoxy) is 1. The smallest absolute Gasteiger partial charge is 0.262 e. The molecule has 1 saturated heterocycles. The number of carbonyl (C=O) groups is 1. The van der Waals surface area contributed by atoms with Gasteiger partial charge in [-0.1, -0.05) is 13.3 Å². The quantitative estimate of drug-likeness (QED) is 0.613. The van der Waals surface area contributed by atoms with Crippen molar-refractivity contribution in [1.82, 2.24) is 14.9 Å². The Labute approximate surface area is 151 Å². The van der Waals surface area contributed by atoms with E-state index in [1.54, 1.807) is 22.8 Å². The molecule has 1 fully saturated rings. The molecule has 1 aromatic carbocycles. The number of unbranched alkanes of at least 4 members (excludes halogenated alkanes) is 1. The maximum absolute atomic E-state index is 12.7. The summed E-state index contributed by atoms with van der Waals surface area (Å²) in [6.45, 7) is 3.92. The van der Waals surface area contributed by atoms with Crippen LogP contribution in [0.25, 0.3) is 10.9 Å². The molecule has 1 amide bonds. The minimum absolute atomic E-state index is 0.0360. The van der Waals surface area contributed by atoms with Crippen molar-refractivity contribution in [2.45, 2.75) is 45.3 Å². The second kappa shape index (κ2) is 7.93. The number of fused-ring (bicyclic) bond motifs is 1. The van der Waals surface area contributed by atoms with Gasteiger partial charge in [0.1, 0.15) is 0 Å². The molecule has 2 heterocycles. The Bertz CT molecular complexity index is 881. The molecule has 1 aliphatic heterocycles. The summed E-state index contributed by atoms with van der Waals surface area (Å²) in [6.07, 6.45) is 3.95. The van der Waals surface area contributed by atoms with E-state index in [-0.39, 0.29) is 17.6 Å². The number of hydrogen-bond donors (Lipinski definition) is 2. The van der Waals surface area contributed by atoms with Gasteiger partial charge in [-0.2, -0.15) is 0 Å². The van der Waals surface area contributed by atoms with Crippen molar-refractivity contribution in [1.29, 1.82) is 0 Å². The van der Waals surface area contributed by atoms with Gasteiger partial charge in [-0.15, -0.1) is 0 Å². The Kier molecular flexibility index (Phi) is 5.65. The van der Waals surface area contributed by atoms with Gasteiger partial charge in [-0.05, 0) is 49.7 Å². The highest BCUT2D eigenvalue weighted by molar-refractivity contribution is 7.71. The number of aromatic nitrogens is 2. The monoisotopic (exact) mass is 361 g/mol. The summed E-state index contributed by atoms with van der Waals surface area (Å²) in [5, 5.41) is 3.40. The predicted octanol–water partition coefficient (Wildman–Crippen LogP) is 2.77. The lowest BCUT2D eigenvalue weighted by molar-refractivity contribution is 0.0952. The van der Waals surface area contributed by atoms with Crippen LogP contribution >= 0.6 is 12.2 Å². The van der Waals surface area contributed by atoms with Crippen LogP contribution in [0, 0.1) is 4.77 Å². The average Bonchev–Trinajstić information content (AvgIpc) is 3.11. The Morgan fingerprint density at radius 3 is 3.04 bits per heavy atom. The van der Waals surface area contributed by atoms with Gasteiger partial charge >= 0.3 is 0 Å². The third-order valence-corrected chi connectivity index (χ3v) is 4.79. The standard InChI is InChI=1S/C18H23N3O3S/c1-2-3-8-19-16(22)12-6-7-14-15(10-12)20-18(25)21(17(14)23)11-13-5-4-9-24-13/h6-7,10,13H,2-5,8-9,11H2,1H3,(H,19,22)(H,20,25)/t13-/m0/s1. The van der Waals surface area contributed by atoms with Crippen LogP contribution in [0.5, 0.6) is 0 Å². The minimum atomic E-state index is -0.146. The van der Waals surface area contributed by atoms with E-state index in [0.717, 1.165) is 32.3 Å². The van der Waals surface area contributed by atoms with Crippen LogP contribution in [-0.2, 0) is 11.3 Å². The topological polar surface area (TPSA) is 76.1 Å². The van der Waals surface area contributed by atoms with E-state index < -0.39 is 0 Å². The highest BCUT2D eigenvalue weighted by atomic mass is 32.1. The third-order valence-electron chi connectivity index (χ3n) is 4.47. The Morgan fingerprint density at radius 2 is 2.32 bits per heavy atom. The molecular formula is C18H23N3O3S. The normalized spacial score (nSPS) is 17.1. The number of benzene rings is 1. The van der Waals surface area contributed by atoms with Gasteiger partial charge in [0.05, 0.1) is 23.6 Å². The van der Waals surface area contributed by atoms with Crippen LogP contribution in [0.2, 0.25) is 0 Å². The predicted molar refractivity (Wildman–Crippen MR) is 99.6 cm³/mol. The molecule has 0 radical (unpaired) electrons. The number of hydrogen-bond acceptors (Lipinski definition) is 4. The van der Waals surface area contributed by atoms with Gasteiger partial charge in [0.25, 0.3) is 11.5 Å². The highest BCUT2D eigenvalue weighted by Crippen LogP contribution is 2.15. The van der Waals surface area contributed by atoms with Gasteiger partial charge in [0.15, 0.2) is 4.77 Å². The van der Waals surface area contributed by atoms with E-state index >= 15 is 0 Å². The zero-order valence-corrected chi connectivity index (χ0v) is 15.2. The Balaban J connectivity index is 1.89. The lowest BCUT2D eigenvalue weighted by Crippen LogP contribution is -2.28. The van der Waals surface area contributed by atoms with E-state index in [4.69, 9.17) is 17.0 Å². The summed E-state index contributed by atoms with van der Waals surface area (Å²) < 4.78 is 7.51.